The lowest BCUT2D eigenvalue weighted by Gasteiger charge is -2.36. The summed E-state index contributed by atoms with van der Waals surface area (Å²) in [5, 5.41) is 12.9. The molecule has 0 saturated carbocycles. The number of aromatic nitrogens is 1. The van der Waals surface area contributed by atoms with Gasteiger partial charge in [0.05, 0.1) is 30.0 Å². The molecule has 33 heavy (non-hydrogen) atoms. The zero-order valence-corrected chi connectivity index (χ0v) is 19.6. The highest BCUT2D eigenvalue weighted by Gasteiger charge is 2.34. The Balaban J connectivity index is 1.38. The highest BCUT2D eigenvalue weighted by molar-refractivity contribution is 7.10. The molecule has 0 aliphatic carbocycles. The number of nitrogens with two attached hydrogens (primary N) is 1. The van der Waals surface area contributed by atoms with E-state index in [0.29, 0.717) is 13.1 Å². The van der Waals surface area contributed by atoms with Crippen molar-refractivity contribution in [1.29, 1.82) is 0 Å². The number of aliphatic carboxylic acids is 1. The molecule has 1 saturated heterocycles. The molecule has 0 amide bonds. The van der Waals surface area contributed by atoms with Gasteiger partial charge >= 0.3 is 5.97 Å². The standard InChI is InChI=1S/C26H29N3O3S/c1-32-19-7-9-25-22(16-19)21(10-12-28-25)24(27)8-6-18-11-14-29(17-23(18)26(30)31)13-2-4-20-5-3-15-33-20/h3,5,7,9-10,12,15-16,18,23-24H,6,8,11,13-14,17,27H2,1H3,(H,30,31)/t18-,23+,24?/m1/s1. The van der Waals surface area contributed by atoms with Gasteiger partial charge in [0.1, 0.15) is 5.75 Å². The number of rotatable bonds is 7. The maximum Gasteiger partial charge on any atom is 0.308 e. The molecule has 172 valence electrons. The second-order valence-electron chi connectivity index (χ2n) is 8.47. The normalized spacial score (nSPS) is 19.6. The van der Waals surface area contributed by atoms with Crippen LogP contribution in [0.5, 0.6) is 5.75 Å². The predicted octanol–water partition coefficient (Wildman–Crippen LogP) is 4.16. The predicted molar refractivity (Wildman–Crippen MR) is 131 cm³/mol. The van der Waals surface area contributed by atoms with E-state index < -0.39 is 11.9 Å². The van der Waals surface area contributed by atoms with Crippen molar-refractivity contribution in [3.63, 3.8) is 0 Å². The Labute approximate surface area is 198 Å². The molecule has 1 unspecified atom stereocenters. The molecule has 6 nitrogen and oxygen atoms in total. The van der Waals surface area contributed by atoms with Crippen LogP contribution in [-0.2, 0) is 4.79 Å². The molecule has 1 aliphatic rings. The summed E-state index contributed by atoms with van der Waals surface area (Å²) >= 11 is 1.62. The van der Waals surface area contributed by atoms with Gasteiger partial charge in [0, 0.05) is 24.2 Å². The van der Waals surface area contributed by atoms with Crippen LogP contribution in [0.25, 0.3) is 10.9 Å². The van der Waals surface area contributed by atoms with Crippen molar-refractivity contribution >= 4 is 28.2 Å². The first kappa shape index (κ1) is 23.2. The van der Waals surface area contributed by atoms with Crippen LogP contribution in [0, 0.1) is 23.7 Å². The van der Waals surface area contributed by atoms with Crippen molar-refractivity contribution in [2.75, 3.05) is 26.7 Å². The second-order valence-corrected chi connectivity index (χ2v) is 9.42. The molecular formula is C26H29N3O3S. The Bertz CT molecular complexity index is 1150. The van der Waals surface area contributed by atoms with Crippen molar-refractivity contribution < 1.29 is 14.6 Å². The molecule has 2 aromatic heterocycles. The number of methoxy groups -OCH3 is 1. The van der Waals surface area contributed by atoms with E-state index in [2.05, 4.69) is 21.7 Å². The fourth-order valence-corrected chi connectivity index (χ4v) is 5.16. The fourth-order valence-electron chi connectivity index (χ4n) is 4.57. The minimum absolute atomic E-state index is 0.109. The number of hydrogen-bond acceptors (Lipinski definition) is 6. The smallest absolute Gasteiger partial charge is 0.308 e. The van der Waals surface area contributed by atoms with E-state index in [1.165, 1.54) is 0 Å². The number of benzene rings is 1. The van der Waals surface area contributed by atoms with Crippen LogP contribution in [0.2, 0.25) is 0 Å². The van der Waals surface area contributed by atoms with Gasteiger partial charge in [-0.1, -0.05) is 17.9 Å². The number of pyridine rings is 1. The Hall–Kier alpha value is -2.92. The average molecular weight is 464 g/mol. The molecule has 3 aromatic rings. The number of carboxylic acids is 1. The van der Waals surface area contributed by atoms with Gasteiger partial charge < -0.3 is 15.6 Å². The first-order valence-electron chi connectivity index (χ1n) is 11.2. The van der Waals surface area contributed by atoms with Crippen LogP contribution in [0.3, 0.4) is 0 Å². The van der Waals surface area contributed by atoms with Crippen molar-refractivity contribution in [2.24, 2.45) is 17.6 Å². The van der Waals surface area contributed by atoms with Crippen molar-refractivity contribution in [2.45, 2.75) is 25.3 Å². The number of hydrogen-bond donors (Lipinski definition) is 2. The van der Waals surface area contributed by atoms with E-state index in [1.54, 1.807) is 24.6 Å². The van der Waals surface area contributed by atoms with Gasteiger partial charge in [0.2, 0.25) is 0 Å². The summed E-state index contributed by atoms with van der Waals surface area (Å²) in [6.07, 6.45) is 4.12. The molecular weight excluding hydrogens is 434 g/mol. The molecule has 7 heteroatoms. The van der Waals surface area contributed by atoms with Gasteiger partial charge in [-0.25, -0.2) is 0 Å². The number of piperidine rings is 1. The topological polar surface area (TPSA) is 88.7 Å². The molecule has 4 rings (SSSR count). The third kappa shape index (κ3) is 5.72. The minimum atomic E-state index is -0.733. The Morgan fingerprint density at radius 3 is 3.03 bits per heavy atom. The second kappa shape index (κ2) is 10.8. The monoisotopic (exact) mass is 463 g/mol. The minimum Gasteiger partial charge on any atom is -0.497 e. The summed E-state index contributed by atoms with van der Waals surface area (Å²) in [5.74, 6) is 6.09. The van der Waals surface area contributed by atoms with Gasteiger partial charge in [-0.2, -0.15) is 0 Å². The van der Waals surface area contributed by atoms with Gasteiger partial charge in [-0.3, -0.25) is 14.7 Å². The van der Waals surface area contributed by atoms with Crippen LogP contribution >= 0.6 is 11.3 Å². The molecule has 0 spiro atoms. The highest BCUT2D eigenvalue weighted by atomic mass is 32.1. The van der Waals surface area contributed by atoms with Gasteiger partial charge in [-0.15, -0.1) is 11.3 Å². The molecule has 1 aliphatic heterocycles. The number of nitrogens with zero attached hydrogens (tertiary/aromatic N) is 2. The number of fused-ring (bicyclic) bond motifs is 1. The summed E-state index contributed by atoms with van der Waals surface area (Å²) < 4.78 is 5.36. The van der Waals surface area contributed by atoms with Gasteiger partial charge in [-0.05, 0) is 73.0 Å². The van der Waals surface area contributed by atoms with Crippen LogP contribution in [0.15, 0.2) is 48.0 Å². The van der Waals surface area contributed by atoms with E-state index in [-0.39, 0.29) is 12.0 Å². The Morgan fingerprint density at radius 2 is 2.27 bits per heavy atom. The molecule has 3 atom stereocenters. The SMILES string of the molecule is COc1ccc2nccc(C(N)CC[C@@H]3CCN(CC#Cc4cccs4)C[C@@H]3C(=O)O)c2c1. The lowest BCUT2D eigenvalue weighted by molar-refractivity contribution is -0.146. The summed E-state index contributed by atoms with van der Waals surface area (Å²) in [6, 6.07) is 11.5. The highest BCUT2D eigenvalue weighted by Crippen LogP contribution is 2.32. The van der Waals surface area contributed by atoms with Crippen molar-refractivity contribution in [3.8, 4) is 17.6 Å². The molecule has 0 radical (unpaired) electrons. The first-order valence-corrected chi connectivity index (χ1v) is 12.1. The first-order chi connectivity index (χ1) is 16.0. The lowest BCUT2D eigenvalue weighted by Crippen LogP contribution is -2.44. The number of carbonyl (C=O) groups is 1. The van der Waals surface area contributed by atoms with Crippen LogP contribution in [-0.4, -0.2) is 47.7 Å². The largest absolute Gasteiger partial charge is 0.497 e. The van der Waals surface area contributed by atoms with Crippen molar-refractivity contribution in [3.05, 3.63) is 58.4 Å². The molecule has 0 bridgehead atoms. The quantitative estimate of drug-likeness (QED) is 0.512. The van der Waals surface area contributed by atoms with Crippen molar-refractivity contribution in [1.82, 2.24) is 9.88 Å². The zero-order chi connectivity index (χ0) is 23.2. The Morgan fingerprint density at radius 1 is 1.39 bits per heavy atom. The maximum absolute atomic E-state index is 12.0. The molecule has 3 N–H and O–H groups in total. The maximum atomic E-state index is 12.0. The third-order valence-electron chi connectivity index (χ3n) is 6.42. The number of carboxylic acid groups (broad SMARTS) is 1. The third-order valence-corrected chi connectivity index (χ3v) is 7.21. The van der Waals surface area contributed by atoms with Gasteiger partial charge in [0.25, 0.3) is 0 Å². The van der Waals surface area contributed by atoms with Crippen LogP contribution in [0.1, 0.15) is 35.7 Å². The van der Waals surface area contributed by atoms with E-state index in [1.807, 2.05) is 41.8 Å². The van der Waals surface area contributed by atoms with E-state index >= 15 is 0 Å². The Kier molecular flexibility index (Phi) is 7.61. The molecule has 1 aromatic carbocycles. The molecule has 3 heterocycles. The average Bonchev–Trinajstić information content (AvgIpc) is 3.35. The number of ether oxygens (including phenoxy) is 1. The molecule has 1 fully saturated rings. The van der Waals surface area contributed by atoms with Gasteiger partial charge in [0.15, 0.2) is 0 Å². The van der Waals surface area contributed by atoms with E-state index in [9.17, 15) is 9.90 Å². The lowest BCUT2D eigenvalue weighted by atomic mass is 9.81. The van der Waals surface area contributed by atoms with Crippen LogP contribution in [0.4, 0.5) is 0 Å². The van der Waals surface area contributed by atoms with E-state index in [0.717, 1.165) is 52.9 Å². The summed E-state index contributed by atoms with van der Waals surface area (Å²) in [6.45, 7) is 1.99. The number of thiophene rings is 1. The summed E-state index contributed by atoms with van der Waals surface area (Å²) in [4.78, 5) is 19.6. The number of likely N-dealkylation sites (tertiary alicyclic amines) is 1. The summed E-state index contributed by atoms with van der Waals surface area (Å²) in [5.41, 5.74) is 8.49. The van der Waals surface area contributed by atoms with Crippen LogP contribution < -0.4 is 10.5 Å². The fraction of sp³-hybridized carbons (Fsp3) is 0.385. The zero-order valence-electron chi connectivity index (χ0n) is 18.7. The summed E-state index contributed by atoms with van der Waals surface area (Å²) in [7, 11) is 1.64. The van der Waals surface area contributed by atoms with E-state index in [4.69, 9.17) is 10.5 Å².